The van der Waals surface area contributed by atoms with Crippen molar-refractivity contribution in [2.45, 2.75) is 63.8 Å². The van der Waals surface area contributed by atoms with Gasteiger partial charge in [-0.05, 0) is 48.3 Å². The van der Waals surface area contributed by atoms with E-state index in [1.165, 1.54) is 23.6 Å². The van der Waals surface area contributed by atoms with E-state index in [-0.39, 0.29) is 0 Å². The summed E-state index contributed by atoms with van der Waals surface area (Å²) in [4.78, 5) is 4.69. The summed E-state index contributed by atoms with van der Waals surface area (Å²) in [5.41, 5.74) is 1.56. The molecule has 1 aliphatic heterocycles. The van der Waals surface area contributed by atoms with E-state index < -0.39 is 10.0 Å². The van der Waals surface area contributed by atoms with Gasteiger partial charge in [0.05, 0.1) is 18.0 Å². The minimum atomic E-state index is -3.58. The van der Waals surface area contributed by atoms with Gasteiger partial charge in [-0.2, -0.15) is 0 Å². The molecule has 3 rings (SSSR count). The second-order valence-corrected chi connectivity index (χ2v) is 10.9. The molecule has 6 nitrogen and oxygen atoms in total. The van der Waals surface area contributed by atoms with Crippen LogP contribution in [0.1, 0.15) is 58.4 Å². The number of sulfonamides is 1. The lowest BCUT2D eigenvalue weighted by atomic mass is 9.92. The Morgan fingerprint density at radius 3 is 2.54 bits per heavy atom. The molecule has 1 aromatic carbocycles. The first kappa shape index (κ1) is 21.1. The molecule has 0 spiro atoms. The van der Waals surface area contributed by atoms with Gasteiger partial charge in [0.15, 0.2) is 0 Å². The predicted octanol–water partition coefficient (Wildman–Crippen LogP) is 2.93. The second kappa shape index (κ2) is 8.41. The Bertz CT molecular complexity index is 800. The van der Waals surface area contributed by atoms with Gasteiger partial charge in [0, 0.05) is 19.1 Å². The van der Waals surface area contributed by atoms with E-state index in [1.54, 1.807) is 12.1 Å². The highest BCUT2D eigenvalue weighted by Gasteiger charge is 2.32. The molecular formula is C21H34N4O2S. The summed E-state index contributed by atoms with van der Waals surface area (Å²) in [5.74, 6) is 0.835. The molecule has 0 aromatic heterocycles. The Hall–Kier alpha value is -1.60. The van der Waals surface area contributed by atoms with Crippen LogP contribution in [0.2, 0.25) is 0 Å². The molecule has 2 N–H and O–H groups in total. The van der Waals surface area contributed by atoms with Crippen molar-refractivity contribution in [3.05, 3.63) is 29.8 Å². The van der Waals surface area contributed by atoms with Gasteiger partial charge >= 0.3 is 0 Å². The van der Waals surface area contributed by atoms with Crippen LogP contribution in [0.3, 0.4) is 0 Å². The highest BCUT2D eigenvalue weighted by molar-refractivity contribution is 7.89. The van der Waals surface area contributed by atoms with Crippen LogP contribution in [-0.4, -0.2) is 50.9 Å². The highest BCUT2D eigenvalue weighted by atomic mass is 32.2. The van der Waals surface area contributed by atoms with E-state index >= 15 is 0 Å². The molecule has 0 saturated heterocycles. The summed E-state index contributed by atoms with van der Waals surface area (Å²) in [5, 5.41) is 6.79. The molecule has 1 heterocycles. The molecule has 1 saturated carbocycles. The molecule has 2 aliphatic rings. The smallest absolute Gasteiger partial charge is 0.266 e. The van der Waals surface area contributed by atoms with Crippen molar-refractivity contribution in [1.82, 2.24) is 14.9 Å². The Kier molecular flexibility index (Phi) is 6.34. The largest absolute Gasteiger partial charge is 0.354 e. The molecule has 156 valence electrons. The van der Waals surface area contributed by atoms with E-state index in [4.69, 9.17) is 0 Å². The van der Waals surface area contributed by atoms with E-state index in [0.717, 1.165) is 12.1 Å². The summed E-state index contributed by atoms with van der Waals surface area (Å²) < 4.78 is 27.5. The minimum absolute atomic E-state index is 0.319. The average molecular weight is 407 g/mol. The van der Waals surface area contributed by atoms with Crippen molar-refractivity contribution in [3.63, 3.8) is 0 Å². The molecule has 1 fully saturated rings. The SMILES string of the molecule is CC(C)c1ccc(S(=O)(=O)N2CCN=C2NCCNC2CCC(C)(C)C2)cc1. The van der Waals surface area contributed by atoms with E-state index in [2.05, 4.69) is 43.3 Å². The zero-order valence-corrected chi connectivity index (χ0v) is 18.3. The molecule has 1 atom stereocenters. The van der Waals surface area contributed by atoms with Gasteiger partial charge in [-0.25, -0.2) is 12.7 Å². The van der Waals surface area contributed by atoms with E-state index in [1.807, 2.05) is 12.1 Å². The van der Waals surface area contributed by atoms with Gasteiger partial charge in [0.25, 0.3) is 10.0 Å². The third-order valence-corrected chi connectivity index (χ3v) is 7.55. The van der Waals surface area contributed by atoms with Gasteiger partial charge in [-0.15, -0.1) is 0 Å². The van der Waals surface area contributed by atoms with Crippen LogP contribution >= 0.6 is 0 Å². The Morgan fingerprint density at radius 2 is 1.93 bits per heavy atom. The lowest BCUT2D eigenvalue weighted by Crippen LogP contribution is -2.45. The number of aliphatic imine (C=N–C) groups is 1. The summed E-state index contributed by atoms with van der Waals surface area (Å²) in [6.45, 7) is 11.2. The lowest BCUT2D eigenvalue weighted by Gasteiger charge is -2.22. The van der Waals surface area contributed by atoms with E-state index in [9.17, 15) is 8.42 Å². The first-order chi connectivity index (χ1) is 13.2. The van der Waals surface area contributed by atoms with Crippen LogP contribution in [0.4, 0.5) is 0 Å². The van der Waals surface area contributed by atoms with Crippen molar-refractivity contribution in [2.75, 3.05) is 26.2 Å². The summed E-state index contributed by atoms with van der Waals surface area (Å²) in [6.07, 6.45) is 3.66. The minimum Gasteiger partial charge on any atom is -0.354 e. The molecular weight excluding hydrogens is 372 g/mol. The van der Waals surface area contributed by atoms with Crippen molar-refractivity contribution >= 4 is 16.0 Å². The predicted molar refractivity (Wildman–Crippen MR) is 114 cm³/mol. The summed E-state index contributed by atoms with van der Waals surface area (Å²) >= 11 is 0. The highest BCUT2D eigenvalue weighted by Crippen LogP contribution is 2.36. The van der Waals surface area contributed by atoms with Gasteiger partial charge in [0.2, 0.25) is 5.96 Å². The molecule has 7 heteroatoms. The second-order valence-electron chi connectivity index (χ2n) is 8.99. The number of guanidine groups is 1. The fourth-order valence-corrected chi connectivity index (χ4v) is 5.43. The number of hydrogen-bond donors (Lipinski definition) is 2. The van der Waals surface area contributed by atoms with E-state index in [0.29, 0.717) is 47.9 Å². The zero-order chi connectivity index (χ0) is 20.4. The Morgan fingerprint density at radius 1 is 1.21 bits per heavy atom. The lowest BCUT2D eigenvalue weighted by molar-refractivity contribution is 0.365. The monoisotopic (exact) mass is 406 g/mol. The molecule has 28 heavy (non-hydrogen) atoms. The van der Waals surface area contributed by atoms with Crippen LogP contribution in [0, 0.1) is 5.41 Å². The van der Waals surface area contributed by atoms with Crippen LogP contribution in [-0.2, 0) is 10.0 Å². The molecule has 1 unspecified atom stereocenters. The maximum absolute atomic E-state index is 13.0. The first-order valence-electron chi connectivity index (χ1n) is 10.3. The van der Waals surface area contributed by atoms with Gasteiger partial charge < -0.3 is 10.6 Å². The molecule has 0 amide bonds. The number of nitrogens with zero attached hydrogens (tertiary/aromatic N) is 2. The van der Waals surface area contributed by atoms with Crippen molar-refractivity contribution in [1.29, 1.82) is 0 Å². The standard InChI is InChI=1S/C21H34N4O2S/c1-16(2)17-5-7-19(8-6-17)28(26,27)25-14-13-24-20(25)23-12-11-22-18-9-10-21(3,4)15-18/h5-8,16,18,22H,9-15H2,1-4H3,(H,23,24). The number of benzene rings is 1. The Balaban J connectivity index is 1.54. The topological polar surface area (TPSA) is 73.8 Å². The Labute approximate surface area is 169 Å². The van der Waals surface area contributed by atoms with Crippen molar-refractivity contribution in [2.24, 2.45) is 10.4 Å². The quantitative estimate of drug-likeness (QED) is 0.683. The zero-order valence-electron chi connectivity index (χ0n) is 17.5. The van der Waals surface area contributed by atoms with Crippen LogP contribution < -0.4 is 10.6 Å². The van der Waals surface area contributed by atoms with Gasteiger partial charge in [-0.1, -0.05) is 39.8 Å². The first-order valence-corrected chi connectivity index (χ1v) is 11.8. The number of hydrogen-bond acceptors (Lipinski definition) is 5. The summed E-state index contributed by atoms with van der Waals surface area (Å²) in [7, 11) is -3.58. The number of nitrogens with one attached hydrogen (secondary N) is 2. The van der Waals surface area contributed by atoms with Crippen molar-refractivity contribution < 1.29 is 8.42 Å². The van der Waals surface area contributed by atoms with Crippen LogP contribution in [0.15, 0.2) is 34.2 Å². The fraction of sp³-hybridized carbons (Fsp3) is 0.667. The van der Waals surface area contributed by atoms with Gasteiger partial charge in [0.1, 0.15) is 0 Å². The van der Waals surface area contributed by atoms with Crippen LogP contribution in [0.5, 0.6) is 0 Å². The third kappa shape index (κ3) is 4.87. The summed E-state index contributed by atoms with van der Waals surface area (Å²) in [6, 6.07) is 7.74. The number of rotatable bonds is 7. The molecule has 0 radical (unpaired) electrons. The van der Waals surface area contributed by atoms with Crippen LogP contribution in [0.25, 0.3) is 0 Å². The molecule has 0 bridgehead atoms. The third-order valence-electron chi connectivity index (χ3n) is 5.75. The fourth-order valence-electron chi connectivity index (χ4n) is 4.02. The maximum atomic E-state index is 13.0. The average Bonchev–Trinajstić information content (AvgIpc) is 3.25. The van der Waals surface area contributed by atoms with Gasteiger partial charge in [-0.3, -0.25) is 4.99 Å². The van der Waals surface area contributed by atoms with Crippen molar-refractivity contribution in [3.8, 4) is 0 Å². The molecule has 1 aliphatic carbocycles. The normalized spacial score (nSPS) is 22.0. The maximum Gasteiger partial charge on any atom is 0.266 e. The molecule has 1 aromatic rings.